The van der Waals surface area contributed by atoms with Gasteiger partial charge in [-0.1, -0.05) is 26.0 Å². The molecule has 1 aliphatic rings. The van der Waals surface area contributed by atoms with Crippen molar-refractivity contribution in [3.05, 3.63) is 82.3 Å². The molecule has 0 atom stereocenters. The van der Waals surface area contributed by atoms with E-state index in [-0.39, 0.29) is 11.4 Å². The van der Waals surface area contributed by atoms with Crippen LogP contribution in [-0.2, 0) is 11.3 Å². The van der Waals surface area contributed by atoms with E-state index in [9.17, 15) is 9.18 Å². The number of halogens is 1. The van der Waals surface area contributed by atoms with Crippen molar-refractivity contribution in [1.29, 1.82) is 0 Å². The van der Waals surface area contributed by atoms with Crippen molar-refractivity contribution in [2.24, 2.45) is 0 Å². The van der Waals surface area contributed by atoms with Gasteiger partial charge in [0.25, 0.3) is 5.56 Å². The van der Waals surface area contributed by atoms with E-state index in [0.717, 1.165) is 46.5 Å². The molecule has 5 rings (SSSR count). The highest BCUT2D eigenvalue weighted by atomic mass is 19.1. The molecule has 6 nitrogen and oxygen atoms in total. The molecule has 1 N–H and O–H groups in total. The number of H-pyrrole nitrogens is 1. The van der Waals surface area contributed by atoms with Crippen molar-refractivity contribution in [2.45, 2.75) is 27.3 Å². The second-order valence-electron chi connectivity index (χ2n) is 7.86. The number of benzene rings is 1. The molecule has 4 heterocycles. The van der Waals surface area contributed by atoms with Gasteiger partial charge in [0.05, 0.1) is 31.6 Å². The van der Waals surface area contributed by atoms with Gasteiger partial charge >= 0.3 is 0 Å². The van der Waals surface area contributed by atoms with Crippen LogP contribution in [0.15, 0.2) is 59.8 Å². The summed E-state index contributed by atoms with van der Waals surface area (Å²) in [5.41, 5.74) is 4.98. The zero-order chi connectivity index (χ0) is 23.4. The normalized spacial score (nSPS) is 13.6. The highest BCUT2D eigenvalue weighted by Crippen LogP contribution is 2.30. The monoisotopic (exact) mass is 448 g/mol. The molecule has 172 valence electrons. The van der Waals surface area contributed by atoms with Gasteiger partial charge in [0.1, 0.15) is 11.5 Å². The summed E-state index contributed by atoms with van der Waals surface area (Å²) < 4.78 is 20.6. The minimum Gasteiger partial charge on any atom is -0.378 e. The fourth-order valence-electron chi connectivity index (χ4n) is 4.03. The first-order valence-electron chi connectivity index (χ1n) is 11.3. The lowest BCUT2D eigenvalue weighted by Crippen LogP contribution is -2.36. The quantitative estimate of drug-likeness (QED) is 0.489. The maximum Gasteiger partial charge on any atom is 0.251 e. The Morgan fingerprint density at radius 2 is 1.91 bits per heavy atom. The van der Waals surface area contributed by atoms with Crippen LogP contribution in [0.2, 0.25) is 0 Å². The molecule has 0 amide bonds. The van der Waals surface area contributed by atoms with E-state index in [2.05, 4.69) is 20.9 Å². The Morgan fingerprint density at radius 1 is 1.12 bits per heavy atom. The average molecular weight is 449 g/mol. The molecule has 1 saturated heterocycles. The lowest BCUT2D eigenvalue weighted by atomic mass is 10.1. The number of nitrogens with one attached hydrogen (secondary N) is 1. The predicted molar refractivity (Wildman–Crippen MR) is 130 cm³/mol. The van der Waals surface area contributed by atoms with Gasteiger partial charge in [-0.05, 0) is 41.8 Å². The van der Waals surface area contributed by atoms with E-state index in [1.54, 1.807) is 35.9 Å². The lowest BCUT2D eigenvalue weighted by molar-refractivity contribution is 0.122. The van der Waals surface area contributed by atoms with Gasteiger partial charge in [0.2, 0.25) is 0 Å². The molecule has 1 fully saturated rings. The highest BCUT2D eigenvalue weighted by molar-refractivity contribution is 5.95. The maximum absolute atomic E-state index is 13.5. The Hall–Kier alpha value is -3.45. The van der Waals surface area contributed by atoms with Crippen LogP contribution < -0.4 is 10.5 Å². The third kappa shape index (κ3) is 4.83. The number of fused-ring (bicyclic) bond motifs is 1. The van der Waals surface area contributed by atoms with Crippen LogP contribution in [0.5, 0.6) is 0 Å². The van der Waals surface area contributed by atoms with Crippen molar-refractivity contribution in [3.8, 4) is 11.1 Å². The van der Waals surface area contributed by atoms with Crippen LogP contribution in [0.4, 0.5) is 10.1 Å². The number of aryl methyl sites for hydroxylation is 1. The molecular weight excluding hydrogens is 419 g/mol. The number of aromatic amines is 1. The molecule has 0 spiro atoms. The molecule has 1 aromatic carbocycles. The zero-order valence-electron chi connectivity index (χ0n) is 19.3. The van der Waals surface area contributed by atoms with Gasteiger partial charge < -0.3 is 19.2 Å². The molecule has 0 bridgehead atoms. The Labute approximate surface area is 192 Å². The van der Waals surface area contributed by atoms with Gasteiger partial charge in [-0.15, -0.1) is 0 Å². The third-order valence-electron chi connectivity index (χ3n) is 5.78. The molecule has 0 unspecified atom stereocenters. The predicted octanol–water partition coefficient (Wildman–Crippen LogP) is 4.75. The summed E-state index contributed by atoms with van der Waals surface area (Å²) in [5.74, 6) is -0.240. The number of hydrogen-bond acceptors (Lipinski definition) is 4. The zero-order valence-corrected chi connectivity index (χ0v) is 19.3. The van der Waals surface area contributed by atoms with Crippen LogP contribution in [-0.4, -0.2) is 40.8 Å². The average Bonchev–Trinajstić information content (AvgIpc) is 3.28. The molecule has 4 aromatic rings. The Balaban J connectivity index is 0.00000126. The molecule has 1 aliphatic heterocycles. The van der Waals surface area contributed by atoms with Gasteiger partial charge in [-0.2, -0.15) is 0 Å². The number of aromatic nitrogens is 3. The van der Waals surface area contributed by atoms with Gasteiger partial charge in [-0.3, -0.25) is 4.79 Å². The summed E-state index contributed by atoms with van der Waals surface area (Å²) >= 11 is 0. The second-order valence-corrected chi connectivity index (χ2v) is 7.86. The molecule has 7 heteroatoms. The minimum absolute atomic E-state index is 0.105. The number of anilines is 1. The van der Waals surface area contributed by atoms with E-state index in [0.29, 0.717) is 25.3 Å². The first-order valence-corrected chi connectivity index (χ1v) is 11.3. The summed E-state index contributed by atoms with van der Waals surface area (Å²) in [5, 5.41) is 0.982. The van der Waals surface area contributed by atoms with Crippen LogP contribution in [0.1, 0.15) is 25.0 Å². The first-order chi connectivity index (χ1) is 16.1. The molecule has 0 radical (unpaired) electrons. The first kappa shape index (κ1) is 22.7. The van der Waals surface area contributed by atoms with Crippen LogP contribution in [0.25, 0.3) is 22.2 Å². The fourth-order valence-corrected chi connectivity index (χ4v) is 4.03. The lowest BCUT2D eigenvalue weighted by Gasteiger charge is -2.28. The molecule has 3 aromatic heterocycles. The van der Waals surface area contributed by atoms with Crippen LogP contribution in [0.3, 0.4) is 0 Å². The summed E-state index contributed by atoms with van der Waals surface area (Å²) in [6, 6.07) is 10.6. The Bertz CT molecular complexity index is 1310. The molecular formula is C26H29FN4O2. The number of pyridine rings is 2. The van der Waals surface area contributed by atoms with E-state index in [1.165, 1.54) is 6.07 Å². The summed E-state index contributed by atoms with van der Waals surface area (Å²) in [7, 11) is 0. The third-order valence-corrected chi connectivity index (χ3v) is 5.78. The van der Waals surface area contributed by atoms with Crippen LogP contribution >= 0.6 is 0 Å². The van der Waals surface area contributed by atoms with E-state index >= 15 is 0 Å². The summed E-state index contributed by atoms with van der Waals surface area (Å²) in [4.78, 5) is 22.8. The van der Waals surface area contributed by atoms with Gasteiger partial charge in [0, 0.05) is 42.5 Å². The van der Waals surface area contributed by atoms with Crippen molar-refractivity contribution >= 4 is 16.7 Å². The number of morpholine rings is 1. The van der Waals surface area contributed by atoms with Gasteiger partial charge in [0.15, 0.2) is 0 Å². The van der Waals surface area contributed by atoms with Gasteiger partial charge in [-0.25, -0.2) is 9.37 Å². The summed E-state index contributed by atoms with van der Waals surface area (Å²) in [6.07, 6.45) is 5.55. The van der Waals surface area contributed by atoms with E-state index in [1.807, 2.05) is 32.3 Å². The highest BCUT2D eigenvalue weighted by Gasteiger charge is 2.15. The SMILES string of the molecule is CC.Cc1cc(Cn2ccc(-c3c[nH]c4ncc(N5CCOCC5)cc34)cc2=O)ccc1F. The number of rotatable bonds is 4. The maximum atomic E-state index is 13.5. The molecule has 0 aliphatic carbocycles. The minimum atomic E-state index is -0.240. The number of hydrogen-bond donors (Lipinski definition) is 1. The van der Waals surface area contributed by atoms with Crippen molar-refractivity contribution in [3.63, 3.8) is 0 Å². The van der Waals surface area contributed by atoms with E-state index < -0.39 is 0 Å². The smallest absolute Gasteiger partial charge is 0.251 e. The Morgan fingerprint density at radius 3 is 2.64 bits per heavy atom. The van der Waals surface area contributed by atoms with Crippen molar-refractivity contribution in [2.75, 3.05) is 31.2 Å². The fraction of sp³-hybridized carbons (Fsp3) is 0.308. The number of nitrogens with zero attached hydrogens (tertiary/aromatic N) is 3. The topological polar surface area (TPSA) is 63.1 Å². The standard InChI is InChI=1S/C24H23FN4O2.C2H6/c1-16-10-17(2-3-22(16)25)15-29-5-4-18(11-23(29)30)21-14-27-24-20(21)12-19(13-26-24)28-6-8-31-9-7-28;1-2/h2-5,10-14H,6-9,15H2,1H3,(H,26,27);1-2H3. The molecule has 33 heavy (non-hydrogen) atoms. The molecule has 0 saturated carbocycles. The van der Waals surface area contributed by atoms with Crippen molar-refractivity contribution in [1.82, 2.24) is 14.5 Å². The summed E-state index contributed by atoms with van der Waals surface area (Å²) in [6.45, 7) is 9.23. The van der Waals surface area contributed by atoms with Crippen LogP contribution in [0, 0.1) is 12.7 Å². The number of ether oxygens (including phenoxy) is 1. The largest absolute Gasteiger partial charge is 0.378 e. The van der Waals surface area contributed by atoms with Crippen molar-refractivity contribution < 1.29 is 9.13 Å². The Kier molecular flexibility index (Phi) is 6.89. The second kappa shape index (κ2) is 10.0. The van der Waals surface area contributed by atoms with E-state index in [4.69, 9.17) is 4.74 Å².